The van der Waals surface area contributed by atoms with Crippen LogP contribution in [0.1, 0.15) is 21.7 Å². The molecule has 0 radical (unpaired) electrons. The van der Waals surface area contributed by atoms with Crippen molar-refractivity contribution in [3.63, 3.8) is 0 Å². The highest BCUT2D eigenvalue weighted by molar-refractivity contribution is 5.94. The van der Waals surface area contributed by atoms with E-state index in [0.29, 0.717) is 25.1 Å². The second-order valence-corrected chi connectivity index (χ2v) is 6.70. The van der Waals surface area contributed by atoms with E-state index in [0.717, 1.165) is 17.1 Å². The summed E-state index contributed by atoms with van der Waals surface area (Å²) in [6, 6.07) is 9.25. The second kappa shape index (κ2) is 6.72. The number of hydrogen-bond acceptors (Lipinski definition) is 5. The smallest absolute Gasteiger partial charge is 0.253 e. The van der Waals surface area contributed by atoms with Crippen LogP contribution in [0.15, 0.2) is 43.0 Å². The van der Waals surface area contributed by atoms with Gasteiger partial charge in [-0.05, 0) is 43.7 Å². The number of nitrogens with one attached hydrogen (secondary N) is 1. The van der Waals surface area contributed by atoms with Gasteiger partial charge in [-0.2, -0.15) is 5.10 Å². The third kappa shape index (κ3) is 3.23. The fourth-order valence-electron chi connectivity index (χ4n) is 3.36. The summed E-state index contributed by atoms with van der Waals surface area (Å²) in [5, 5.41) is 25.0. The van der Waals surface area contributed by atoms with Gasteiger partial charge in [0.25, 0.3) is 5.91 Å². The predicted octanol–water partition coefficient (Wildman–Crippen LogP) is 0.974. The number of H-pyrrole nitrogens is 1. The van der Waals surface area contributed by atoms with Gasteiger partial charge in [0.1, 0.15) is 12.7 Å². The molecule has 1 amide bonds. The normalized spacial score (nSPS) is 19.8. The van der Waals surface area contributed by atoms with Crippen molar-refractivity contribution in [2.75, 3.05) is 13.1 Å². The number of carbonyl (C=O) groups is 1. The van der Waals surface area contributed by atoms with Crippen LogP contribution in [0.25, 0.3) is 5.69 Å². The number of β-amino-alcohol motifs (C(OH)–C–C–N with tert-alkyl or cyclic N) is 1. The molecule has 0 saturated carbocycles. The van der Waals surface area contributed by atoms with Crippen LogP contribution in [0.3, 0.4) is 0 Å². The molecule has 3 aromatic rings. The van der Waals surface area contributed by atoms with Gasteiger partial charge in [0.15, 0.2) is 0 Å². The number of hydrogen-bond donors (Lipinski definition) is 2. The number of aliphatic hydroxyl groups is 1. The van der Waals surface area contributed by atoms with E-state index in [4.69, 9.17) is 0 Å². The molecule has 8 nitrogen and oxygen atoms in total. The highest BCUT2D eigenvalue weighted by Crippen LogP contribution is 2.23. The first-order valence-electron chi connectivity index (χ1n) is 8.53. The van der Waals surface area contributed by atoms with Crippen LogP contribution in [0.5, 0.6) is 0 Å². The lowest BCUT2D eigenvalue weighted by molar-refractivity contribution is 0.0764. The Labute approximate surface area is 150 Å². The van der Waals surface area contributed by atoms with Crippen molar-refractivity contribution in [1.82, 2.24) is 29.9 Å². The molecule has 1 saturated heterocycles. The van der Waals surface area contributed by atoms with Crippen molar-refractivity contribution < 1.29 is 9.90 Å². The number of aromatic nitrogens is 5. The summed E-state index contributed by atoms with van der Waals surface area (Å²) in [6.07, 6.45) is 3.33. The number of rotatable bonds is 4. The summed E-state index contributed by atoms with van der Waals surface area (Å²) in [5.74, 6) is -0.0713. The molecule has 0 bridgehead atoms. The van der Waals surface area contributed by atoms with Crippen molar-refractivity contribution in [3.05, 3.63) is 59.9 Å². The summed E-state index contributed by atoms with van der Waals surface area (Å²) < 4.78 is 1.77. The monoisotopic (exact) mass is 352 g/mol. The van der Waals surface area contributed by atoms with Crippen molar-refractivity contribution in [2.45, 2.75) is 19.4 Å². The third-order valence-corrected chi connectivity index (χ3v) is 4.76. The number of amides is 1. The zero-order valence-corrected chi connectivity index (χ0v) is 14.4. The highest BCUT2D eigenvalue weighted by Gasteiger charge is 2.34. The van der Waals surface area contributed by atoms with Crippen molar-refractivity contribution in [2.24, 2.45) is 5.92 Å². The number of aromatic amines is 1. The summed E-state index contributed by atoms with van der Waals surface area (Å²) in [4.78, 5) is 14.5. The third-order valence-electron chi connectivity index (χ3n) is 4.76. The Morgan fingerprint density at radius 2 is 1.96 bits per heavy atom. The molecule has 4 rings (SSSR count). The van der Waals surface area contributed by atoms with Gasteiger partial charge in [-0.15, -0.1) is 10.2 Å². The first-order valence-corrected chi connectivity index (χ1v) is 8.53. The Balaban J connectivity index is 1.43. The summed E-state index contributed by atoms with van der Waals surface area (Å²) in [5.41, 5.74) is 3.40. The van der Waals surface area contributed by atoms with Crippen LogP contribution < -0.4 is 0 Å². The summed E-state index contributed by atoms with van der Waals surface area (Å²) in [6.45, 7) is 2.82. The van der Waals surface area contributed by atoms with Gasteiger partial charge in [-0.25, -0.2) is 0 Å². The van der Waals surface area contributed by atoms with E-state index in [2.05, 4.69) is 20.4 Å². The van der Waals surface area contributed by atoms with E-state index < -0.39 is 6.10 Å². The van der Waals surface area contributed by atoms with E-state index in [9.17, 15) is 9.90 Å². The van der Waals surface area contributed by atoms with Crippen LogP contribution in [0.4, 0.5) is 0 Å². The van der Waals surface area contributed by atoms with Gasteiger partial charge >= 0.3 is 0 Å². The molecule has 2 aromatic heterocycles. The van der Waals surface area contributed by atoms with Gasteiger partial charge < -0.3 is 10.0 Å². The molecule has 2 atom stereocenters. The average Bonchev–Trinajstić information content (AvgIpc) is 3.38. The van der Waals surface area contributed by atoms with Crippen molar-refractivity contribution in [1.29, 1.82) is 0 Å². The van der Waals surface area contributed by atoms with Gasteiger partial charge in [0.2, 0.25) is 0 Å². The molecule has 1 aliphatic heterocycles. The van der Waals surface area contributed by atoms with Crippen LogP contribution in [0, 0.1) is 12.8 Å². The second-order valence-electron chi connectivity index (χ2n) is 6.70. The van der Waals surface area contributed by atoms with Crippen LogP contribution in [0.2, 0.25) is 0 Å². The van der Waals surface area contributed by atoms with E-state index in [1.165, 1.54) is 0 Å². The van der Waals surface area contributed by atoms with E-state index in [1.54, 1.807) is 34.3 Å². The topological polar surface area (TPSA) is 99.9 Å². The molecular formula is C18H20N6O2. The molecule has 1 fully saturated rings. The van der Waals surface area contributed by atoms with Gasteiger partial charge in [0, 0.05) is 36.0 Å². The molecule has 134 valence electrons. The first-order chi connectivity index (χ1) is 12.6. The number of benzene rings is 1. The first kappa shape index (κ1) is 16.5. The molecule has 2 N–H and O–H groups in total. The maximum Gasteiger partial charge on any atom is 0.253 e. The Morgan fingerprint density at radius 1 is 1.23 bits per heavy atom. The Kier molecular flexibility index (Phi) is 4.26. The van der Waals surface area contributed by atoms with Gasteiger partial charge in [-0.3, -0.25) is 14.5 Å². The number of nitrogens with zero attached hydrogens (tertiary/aromatic N) is 5. The molecule has 0 unspecified atom stereocenters. The quantitative estimate of drug-likeness (QED) is 0.729. The zero-order chi connectivity index (χ0) is 18.1. The maximum atomic E-state index is 12.8. The molecule has 1 aromatic carbocycles. The lowest BCUT2D eigenvalue weighted by Crippen LogP contribution is -2.29. The summed E-state index contributed by atoms with van der Waals surface area (Å²) in [7, 11) is 0. The zero-order valence-electron chi connectivity index (χ0n) is 14.4. The number of aliphatic hydroxyl groups excluding tert-OH is 1. The lowest BCUT2D eigenvalue weighted by Gasteiger charge is -2.16. The lowest BCUT2D eigenvalue weighted by atomic mass is 10.0. The number of likely N-dealkylation sites (tertiary alicyclic amines) is 1. The molecule has 8 heteroatoms. The van der Waals surface area contributed by atoms with E-state index in [-0.39, 0.29) is 11.8 Å². The van der Waals surface area contributed by atoms with Crippen LogP contribution in [-0.4, -0.2) is 60.1 Å². The molecular weight excluding hydrogens is 332 g/mol. The van der Waals surface area contributed by atoms with Crippen LogP contribution >= 0.6 is 0 Å². The van der Waals surface area contributed by atoms with E-state index >= 15 is 0 Å². The van der Waals surface area contributed by atoms with Crippen molar-refractivity contribution >= 4 is 5.91 Å². The maximum absolute atomic E-state index is 12.8. The minimum atomic E-state index is -0.535. The summed E-state index contributed by atoms with van der Waals surface area (Å²) >= 11 is 0. The van der Waals surface area contributed by atoms with Gasteiger partial charge in [0.05, 0.1) is 11.8 Å². The molecule has 0 aliphatic carbocycles. The molecule has 0 spiro atoms. The SMILES string of the molecule is Cc1cc(C[C@H]2CN(C(=O)c3ccc(-n4cnnc4)cc3)C[C@@H]2O)n[nH]1. The fraction of sp³-hybridized carbons (Fsp3) is 0.333. The fourth-order valence-corrected chi connectivity index (χ4v) is 3.36. The van der Waals surface area contributed by atoms with E-state index in [1.807, 2.05) is 25.1 Å². The van der Waals surface area contributed by atoms with Crippen molar-refractivity contribution in [3.8, 4) is 5.69 Å². The standard InChI is InChI=1S/C18H20N6O2/c1-12-6-15(22-21-12)7-14-8-23(9-17(14)25)18(26)13-2-4-16(5-3-13)24-10-19-20-11-24/h2-6,10-11,14,17,25H,7-9H2,1H3,(H,21,22)/t14-,17-/m0/s1. The molecule has 26 heavy (non-hydrogen) atoms. The predicted molar refractivity (Wildman–Crippen MR) is 93.8 cm³/mol. The number of carbonyl (C=O) groups excluding carboxylic acids is 1. The Bertz CT molecular complexity index is 887. The molecule has 1 aliphatic rings. The minimum Gasteiger partial charge on any atom is -0.391 e. The Hall–Kier alpha value is -3.00. The molecule has 3 heterocycles. The van der Waals surface area contributed by atoms with Gasteiger partial charge in [-0.1, -0.05) is 0 Å². The Morgan fingerprint density at radius 3 is 2.62 bits per heavy atom. The largest absolute Gasteiger partial charge is 0.391 e. The highest BCUT2D eigenvalue weighted by atomic mass is 16.3. The van der Waals surface area contributed by atoms with Crippen LogP contribution in [-0.2, 0) is 6.42 Å². The number of aryl methyl sites for hydroxylation is 1. The minimum absolute atomic E-state index is 0.00190. The average molecular weight is 352 g/mol.